The number of thiophene rings is 1. The molecule has 1 aromatic heterocycles. The molecule has 0 atom stereocenters. The molecule has 3 N–H and O–H groups in total. The molecule has 0 saturated heterocycles. The van der Waals surface area contributed by atoms with Crippen molar-refractivity contribution in [3.8, 4) is 16.5 Å². The Bertz CT molecular complexity index is 645. The third-order valence-electron chi connectivity index (χ3n) is 2.22. The highest BCUT2D eigenvalue weighted by atomic mass is 32.1. The van der Waals surface area contributed by atoms with Crippen molar-refractivity contribution in [2.75, 3.05) is 5.32 Å². The van der Waals surface area contributed by atoms with E-state index in [9.17, 15) is 9.18 Å². The SMILES string of the molecule is N#Cc1ccc(-c2cc(NC(N)=O)ccc2F)s1. The summed E-state index contributed by atoms with van der Waals surface area (Å²) >= 11 is 1.18. The van der Waals surface area contributed by atoms with Gasteiger partial charge in [-0.2, -0.15) is 5.26 Å². The summed E-state index contributed by atoms with van der Waals surface area (Å²) in [5.74, 6) is -0.420. The number of urea groups is 1. The Kier molecular flexibility index (Phi) is 3.26. The molecule has 6 heteroatoms. The van der Waals surface area contributed by atoms with Gasteiger partial charge in [-0.25, -0.2) is 9.18 Å². The highest BCUT2D eigenvalue weighted by Gasteiger charge is 2.09. The van der Waals surface area contributed by atoms with E-state index in [1.165, 1.54) is 29.5 Å². The molecule has 0 aliphatic carbocycles. The van der Waals surface area contributed by atoms with E-state index in [2.05, 4.69) is 5.32 Å². The molecule has 2 amide bonds. The molecule has 90 valence electrons. The highest BCUT2D eigenvalue weighted by molar-refractivity contribution is 7.16. The largest absolute Gasteiger partial charge is 0.351 e. The predicted octanol–water partition coefficient (Wildman–Crippen LogP) is 2.92. The summed E-state index contributed by atoms with van der Waals surface area (Å²) in [6.45, 7) is 0. The number of nitrogens with one attached hydrogen (secondary N) is 1. The Hall–Kier alpha value is -2.39. The molecule has 4 nitrogen and oxygen atoms in total. The number of hydrogen-bond acceptors (Lipinski definition) is 3. The average Bonchev–Trinajstić information content (AvgIpc) is 2.79. The van der Waals surface area contributed by atoms with Crippen molar-refractivity contribution < 1.29 is 9.18 Å². The van der Waals surface area contributed by atoms with Gasteiger partial charge >= 0.3 is 6.03 Å². The van der Waals surface area contributed by atoms with Gasteiger partial charge in [-0.3, -0.25) is 0 Å². The van der Waals surface area contributed by atoms with Crippen LogP contribution in [0.4, 0.5) is 14.9 Å². The summed E-state index contributed by atoms with van der Waals surface area (Å²) in [5.41, 5.74) is 5.73. The van der Waals surface area contributed by atoms with Crippen molar-refractivity contribution >= 4 is 23.1 Å². The van der Waals surface area contributed by atoms with Crippen LogP contribution in [-0.4, -0.2) is 6.03 Å². The normalized spacial score (nSPS) is 9.78. The van der Waals surface area contributed by atoms with Gasteiger partial charge in [0.2, 0.25) is 0 Å². The molecule has 0 radical (unpaired) electrons. The lowest BCUT2D eigenvalue weighted by Crippen LogP contribution is -2.19. The predicted molar refractivity (Wildman–Crippen MR) is 67.6 cm³/mol. The van der Waals surface area contributed by atoms with E-state index >= 15 is 0 Å². The first-order chi connectivity index (χ1) is 8.60. The monoisotopic (exact) mass is 261 g/mol. The van der Waals surface area contributed by atoms with Crippen LogP contribution in [0.5, 0.6) is 0 Å². The van der Waals surface area contributed by atoms with Crippen molar-refractivity contribution in [2.24, 2.45) is 5.73 Å². The van der Waals surface area contributed by atoms with Crippen LogP contribution >= 0.6 is 11.3 Å². The third-order valence-corrected chi connectivity index (χ3v) is 3.24. The van der Waals surface area contributed by atoms with Crippen LogP contribution in [0.25, 0.3) is 10.4 Å². The van der Waals surface area contributed by atoms with Gasteiger partial charge in [-0.1, -0.05) is 0 Å². The molecule has 2 aromatic rings. The molecule has 1 heterocycles. The van der Waals surface area contributed by atoms with Crippen LogP contribution in [0.15, 0.2) is 30.3 Å². The van der Waals surface area contributed by atoms with Gasteiger partial charge in [0.1, 0.15) is 16.8 Å². The number of rotatable bonds is 2. The Labute approximate surface area is 106 Å². The zero-order valence-electron chi connectivity index (χ0n) is 9.11. The second-order valence-electron chi connectivity index (χ2n) is 3.46. The van der Waals surface area contributed by atoms with Crippen LogP contribution in [-0.2, 0) is 0 Å². The zero-order valence-corrected chi connectivity index (χ0v) is 9.92. The number of carbonyl (C=O) groups is 1. The lowest BCUT2D eigenvalue weighted by atomic mass is 10.1. The van der Waals surface area contributed by atoms with E-state index in [1.54, 1.807) is 12.1 Å². The highest BCUT2D eigenvalue weighted by Crippen LogP contribution is 2.31. The lowest BCUT2D eigenvalue weighted by molar-refractivity contribution is 0.259. The van der Waals surface area contributed by atoms with E-state index < -0.39 is 11.8 Å². The summed E-state index contributed by atoms with van der Waals surface area (Å²) in [6.07, 6.45) is 0. The van der Waals surface area contributed by atoms with Crippen molar-refractivity contribution in [3.63, 3.8) is 0 Å². The molecular weight excluding hydrogens is 253 g/mol. The molecule has 1 aromatic carbocycles. The van der Waals surface area contributed by atoms with E-state index in [-0.39, 0.29) is 0 Å². The van der Waals surface area contributed by atoms with E-state index in [4.69, 9.17) is 11.0 Å². The molecule has 0 fully saturated rings. The van der Waals surface area contributed by atoms with Crippen molar-refractivity contribution in [3.05, 3.63) is 41.0 Å². The van der Waals surface area contributed by atoms with Gasteiger partial charge in [-0.15, -0.1) is 11.3 Å². The minimum atomic E-state index is -0.712. The number of benzene rings is 1. The minimum absolute atomic E-state index is 0.327. The number of hydrogen-bond donors (Lipinski definition) is 2. The van der Waals surface area contributed by atoms with Crippen LogP contribution < -0.4 is 11.1 Å². The average molecular weight is 261 g/mol. The zero-order chi connectivity index (χ0) is 13.1. The molecule has 0 unspecified atom stereocenters. The first kappa shape index (κ1) is 12.1. The van der Waals surface area contributed by atoms with Gasteiger partial charge in [0, 0.05) is 16.1 Å². The van der Waals surface area contributed by atoms with E-state index in [1.807, 2.05) is 6.07 Å². The molecule has 0 spiro atoms. The van der Waals surface area contributed by atoms with Gasteiger partial charge < -0.3 is 11.1 Å². The number of nitrogens with two attached hydrogens (primary N) is 1. The standard InChI is InChI=1S/C12H8FN3OS/c13-10-3-1-7(16-12(15)17)5-9(10)11-4-2-8(6-14)18-11/h1-5H,(H3,15,16,17). The second kappa shape index (κ2) is 4.85. The van der Waals surface area contributed by atoms with Crippen LogP contribution in [0, 0.1) is 17.1 Å². The summed E-state index contributed by atoms with van der Waals surface area (Å²) in [7, 11) is 0. The number of nitriles is 1. The molecule has 2 rings (SSSR count). The summed E-state index contributed by atoms with van der Waals surface area (Å²) in [4.78, 5) is 11.8. The van der Waals surface area contributed by atoms with Crippen molar-refractivity contribution in [1.82, 2.24) is 0 Å². The topological polar surface area (TPSA) is 78.9 Å². The van der Waals surface area contributed by atoms with Gasteiger partial charge in [0.15, 0.2) is 0 Å². The Morgan fingerprint density at radius 2 is 2.17 bits per heavy atom. The number of nitrogens with zero attached hydrogens (tertiary/aromatic N) is 1. The van der Waals surface area contributed by atoms with Crippen molar-refractivity contribution in [1.29, 1.82) is 5.26 Å². The van der Waals surface area contributed by atoms with Crippen LogP contribution in [0.1, 0.15) is 4.88 Å². The van der Waals surface area contributed by atoms with Crippen LogP contribution in [0.2, 0.25) is 0 Å². The first-order valence-electron chi connectivity index (χ1n) is 4.96. The number of primary amides is 1. The molecule has 0 saturated carbocycles. The minimum Gasteiger partial charge on any atom is -0.351 e. The summed E-state index contributed by atoms with van der Waals surface area (Å²) in [5, 5.41) is 11.1. The van der Waals surface area contributed by atoms with Crippen molar-refractivity contribution in [2.45, 2.75) is 0 Å². The number of amides is 2. The maximum Gasteiger partial charge on any atom is 0.316 e. The fourth-order valence-electron chi connectivity index (χ4n) is 1.48. The van der Waals surface area contributed by atoms with Crippen LogP contribution in [0.3, 0.4) is 0 Å². The van der Waals surface area contributed by atoms with Gasteiger partial charge in [-0.05, 0) is 30.3 Å². The molecule has 18 heavy (non-hydrogen) atoms. The number of anilines is 1. The van der Waals surface area contributed by atoms with E-state index in [0.717, 1.165) is 0 Å². The summed E-state index contributed by atoms with van der Waals surface area (Å²) < 4.78 is 13.7. The second-order valence-corrected chi connectivity index (χ2v) is 4.54. The Balaban J connectivity index is 2.43. The maximum atomic E-state index is 13.7. The maximum absolute atomic E-state index is 13.7. The Morgan fingerprint density at radius 1 is 1.39 bits per heavy atom. The summed E-state index contributed by atoms with van der Waals surface area (Å²) in [6, 6.07) is 8.70. The molecule has 0 bridgehead atoms. The van der Waals surface area contributed by atoms with E-state index in [0.29, 0.717) is 21.0 Å². The molecule has 0 aliphatic heterocycles. The molecular formula is C12H8FN3OS. The van der Waals surface area contributed by atoms with Gasteiger partial charge in [0.25, 0.3) is 0 Å². The smallest absolute Gasteiger partial charge is 0.316 e. The quantitative estimate of drug-likeness (QED) is 0.871. The molecule has 0 aliphatic rings. The third kappa shape index (κ3) is 2.47. The lowest BCUT2D eigenvalue weighted by Gasteiger charge is -2.05. The first-order valence-corrected chi connectivity index (χ1v) is 5.78. The number of carbonyl (C=O) groups excluding carboxylic acids is 1. The van der Waals surface area contributed by atoms with Gasteiger partial charge in [0.05, 0.1) is 0 Å². The fourth-order valence-corrected chi connectivity index (χ4v) is 2.30. The number of halogens is 1. The Morgan fingerprint density at radius 3 is 2.78 bits per heavy atom. The fraction of sp³-hybridized carbons (Fsp3) is 0.